The fourth-order valence-corrected chi connectivity index (χ4v) is 1.21. The average Bonchev–Trinajstić information content (AvgIpc) is 2.25. The zero-order valence-corrected chi connectivity index (χ0v) is 9.10. The predicted molar refractivity (Wildman–Crippen MR) is 59.4 cm³/mol. The number of aliphatic hydroxyl groups excluding tert-OH is 1. The summed E-state index contributed by atoms with van der Waals surface area (Å²) in [6.45, 7) is 2.10. The van der Waals surface area contributed by atoms with E-state index < -0.39 is 5.97 Å². The van der Waals surface area contributed by atoms with Gasteiger partial charge in [-0.15, -0.1) is 0 Å². The Labute approximate surface area is 93.8 Å². The number of hydrogen-bond donors (Lipinski definition) is 2. The van der Waals surface area contributed by atoms with Crippen LogP contribution in [0.1, 0.15) is 17.3 Å². The molecular formula is C11H15NO4. The van der Waals surface area contributed by atoms with Gasteiger partial charge >= 0.3 is 5.97 Å². The van der Waals surface area contributed by atoms with Crippen molar-refractivity contribution in [1.29, 1.82) is 0 Å². The molecular weight excluding hydrogens is 210 g/mol. The van der Waals surface area contributed by atoms with E-state index in [1.807, 2.05) is 6.92 Å². The minimum atomic E-state index is -0.526. The summed E-state index contributed by atoms with van der Waals surface area (Å²) < 4.78 is 10.0. The third-order valence-electron chi connectivity index (χ3n) is 1.80. The van der Waals surface area contributed by atoms with Gasteiger partial charge in [0.05, 0.1) is 18.8 Å². The number of esters is 1. The summed E-state index contributed by atoms with van der Waals surface area (Å²) in [5.74, 6) is 0.000696. The molecule has 1 aromatic rings. The third-order valence-corrected chi connectivity index (χ3v) is 1.80. The van der Waals surface area contributed by atoms with E-state index in [0.29, 0.717) is 23.6 Å². The molecule has 0 bridgehead atoms. The molecule has 0 fully saturated rings. The first-order valence-electron chi connectivity index (χ1n) is 4.98. The first kappa shape index (κ1) is 12.3. The van der Waals surface area contributed by atoms with Crippen LogP contribution >= 0.6 is 0 Å². The van der Waals surface area contributed by atoms with E-state index in [0.717, 1.165) is 0 Å². The summed E-state index contributed by atoms with van der Waals surface area (Å²) in [6, 6.07) is 4.69. The first-order valence-corrected chi connectivity index (χ1v) is 4.98. The van der Waals surface area contributed by atoms with Crippen molar-refractivity contribution < 1.29 is 19.4 Å². The molecule has 16 heavy (non-hydrogen) atoms. The van der Waals surface area contributed by atoms with Gasteiger partial charge in [0.2, 0.25) is 0 Å². The molecule has 0 unspecified atom stereocenters. The fraction of sp³-hybridized carbons (Fsp3) is 0.364. The van der Waals surface area contributed by atoms with Crippen LogP contribution in [-0.2, 0) is 4.74 Å². The molecule has 1 rings (SSSR count). The number of anilines is 1. The molecule has 0 heterocycles. The van der Waals surface area contributed by atoms with Gasteiger partial charge in [0, 0.05) is 11.8 Å². The van der Waals surface area contributed by atoms with Crippen LogP contribution in [-0.4, -0.2) is 30.9 Å². The second-order valence-electron chi connectivity index (χ2n) is 3.08. The number of nitrogens with two attached hydrogens (primary N) is 1. The van der Waals surface area contributed by atoms with Gasteiger partial charge in [0.1, 0.15) is 12.4 Å². The zero-order valence-electron chi connectivity index (χ0n) is 9.10. The molecule has 5 heteroatoms. The summed E-state index contributed by atoms with van der Waals surface area (Å²) in [5.41, 5.74) is 6.37. The maximum Gasteiger partial charge on any atom is 0.338 e. The summed E-state index contributed by atoms with van der Waals surface area (Å²) in [6.07, 6.45) is 0. The quantitative estimate of drug-likeness (QED) is 0.572. The molecule has 0 amide bonds. The lowest BCUT2D eigenvalue weighted by atomic mass is 10.2. The number of carbonyl (C=O) groups is 1. The van der Waals surface area contributed by atoms with E-state index in [-0.39, 0.29) is 13.2 Å². The maximum atomic E-state index is 11.5. The molecule has 0 spiro atoms. The lowest BCUT2D eigenvalue weighted by Crippen LogP contribution is -2.09. The Morgan fingerprint density at radius 2 is 2.19 bits per heavy atom. The molecule has 0 saturated heterocycles. The molecule has 0 atom stereocenters. The predicted octanol–water partition coefficient (Wildman–Crippen LogP) is 0.817. The van der Waals surface area contributed by atoms with Crippen LogP contribution in [0.5, 0.6) is 5.75 Å². The molecule has 0 saturated carbocycles. The number of nitrogen functional groups attached to an aromatic ring is 1. The lowest BCUT2D eigenvalue weighted by Gasteiger charge is -2.07. The first-order chi connectivity index (χ1) is 7.67. The molecule has 1 aromatic carbocycles. The van der Waals surface area contributed by atoms with Crippen LogP contribution in [0.25, 0.3) is 0 Å². The Bertz CT molecular complexity index is 365. The van der Waals surface area contributed by atoms with E-state index in [1.165, 1.54) is 6.07 Å². The van der Waals surface area contributed by atoms with Crippen molar-refractivity contribution >= 4 is 11.7 Å². The van der Waals surface area contributed by atoms with Crippen LogP contribution in [0.4, 0.5) is 5.69 Å². The summed E-state index contributed by atoms with van der Waals surface area (Å²) in [7, 11) is 0. The van der Waals surface area contributed by atoms with Gasteiger partial charge in [0.15, 0.2) is 0 Å². The Morgan fingerprint density at radius 1 is 1.44 bits per heavy atom. The maximum absolute atomic E-state index is 11.5. The van der Waals surface area contributed by atoms with Gasteiger partial charge in [0.25, 0.3) is 0 Å². The summed E-state index contributed by atoms with van der Waals surface area (Å²) >= 11 is 0. The van der Waals surface area contributed by atoms with E-state index in [9.17, 15) is 4.79 Å². The average molecular weight is 225 g/mol. The highest BCUT2D eigenvalue weighted by atomic mass is 16.5. The molecule has 88 valence electrons. The molecule has 3 N–H and O–H groups in total. The van der Waals surface area contributed by atoms with E-state index >= 15 is 0 Å². The van der Waals surface area contributed by atoms with Crippen molar-refractivity contribution in [3.63, 3.8) is 0 Å². The smallest absolute Gasteiger partial charge is 0.338 e. The fourth-order valence-electron chi connectivity index (χ4n) is 1.21. The van der Waals surface area contributed by atoms with Gasteiger partial charge in [-0.2, -0.15) is 0 Å². The topological polar surface area (TPSA) is 81.8 Å². The SMILES string of the molecule is CCOc1cc(N)cc(C(=O)OCCO)c1. The van der Waals surface area contributed by atoms with Crippen molar-refractivity contribution in [3.05, 3.63) is 23.8 Å². The lowest BCUT2D eigenvalue weighted by molar-refractivity contribution is 0.0433. The van der Waals surface area contributed by atoms with Crippen molar-refractivity contribution in [1.82, 2.24) is 0 Å². The van der Waals surface area contributed by atoms with Crippen LogP contribution in [0.3, 0.4) is 0 Å². The van der Waals surface area contributed by atoms with Crippen molar-refractivity contribution in [2.45, 2.75) is 6.92 Å². The monoisotopic (exact) mass is 225 g/mol. The van der Waals surface area contributed by atoms with E-state index in [2.05, 4.69) is 0 Å². The van der Waals surface area contributed by atoms with Crippen LogP contribution in [0.2, 0.25) is 0 Å². The standard InChI is InChI=1S/C11H15NO4/c1-2-15-10-6-8(5-9(12)7-10)11(14)16-4-3-13/h5-7,13H,2-4,12H2,1H3. The van der Waals surface area contributed by atoms with Gasteiger partial charge in [-0.05, 0) is 19.1 Å². The molecule has 0 aliphatic carbocycles. The molecule has 0 aliphatic rings. The van der Waals surface area contributed by atoms with Crippen molar-refractivity contribution in [2.75, 3.05) is 25.6 Å². The van der Waals surface area contributed by atoms with Crippen LogP contribution < -0.4 is 10.5 Å². The second kappa shape index (κ2) is 5.97. The van der Waals surface area contributed by atoms with Gasteiger partial charge in [-0.25, -0.2) is 4.79 Å². The number of ether oxygens (including phenoxy) is 2. The Hall–Kier alpha value is -1.75. The van der Waals surface area contributed by atoms with E-state index in [4.69, 9.17) is 20.3 Å². The highest BCUT2D eigenvalue weighted by molar-refractivity contribution is 5.91. The number of carbonyl (C=O) groups excluding carboxylic acids is 1. The molecule has 5 nitrogen and oxygen atoms in total. The second-order valence-corrected chi connectivity index (χ2v) is 3.08. The zero-order chi connectivity index (χ0) is 12.0. The van der Waals surface area contributed by atoms with Crippen LogP contribution in [0, 0.1) is 0 Å². The Kier molecular flexibility index (Phi) is 4.60. The molecule has 0 aliphatic heterocycles. The molecule has 0 radical (unpaired) electrons. The minimum Gasteiger partial charge on any atom is -0.494 e. The number of rotatable bonds is 5. The van der Waals surface area contributed by atoms with Gasteiger partial charge in [-0.1, -0.05) is 0 Å². The summed E-state index contributed by atoms with van der Waals surface area (Å²) in [5, 5.41) is 8.53. The van der Waals surface area contributed by atoms with Crippen molar-refractivity contribution in [2.24, 2.45) is 0 Å². The normalized spacial score (nSPS) is 9.88. The van der Waals surface area contributed by atoms with E-state index in [1.54, 1.807) is 12.1 Å². The Balaban J connectivity index is 2.82. The summed E-state index contributed by atoms with van der Waals surface area (Å²) in [4.78, 5) is 11.5. The number of benzene rings is 1. The molecule has 0 aromatic heterocycles. The van der Waals surface area contributed by atoms with Crippen molar-refractivity contribution in [3.8, 4) is 5.75 Å². The minimum absolute atomic E-state index is 0.0302. The highest BCUT2D eigenvalue weighted by Crippen LogP contribution is 2.19. The Morgan fingerprint density at radius 3 is 2.81 bits per heavy atom. The number of hydrogen-bond acceptors (Lipinski definition) is 5. The van der Waals surface area contributed by atoms with Crippen LogP contribution in [0.15, 0.2) is 18.2 Å². The largest absolute Gasteiger partial charge is 0.494 e. The third kappa shape index (κ3) is 3.43. The van der Waals surface area contributed by atoms with Gasteiger partial charge < -0.3 is 20.3 Å². The highest BCUT2D eigenvalue weighted by Gasteiger charge is 2.09. The van der Waals surface area contributed by atoms with Gasteiger partial charge in [-0.3, -0.25) is 0 Å². The number of aliphatic hydroxyl groups is 1.